The first-order valence-corrected chi connectivity index (χ1v) is 10.8. The molecule has 1 unspecified atom stereocenters. The predicted molar refractivity (Wildman–Crippen MR) is 104 cm³/mol. The van der Waals surface area contributed by atoms with E-state index in [1.165, 1.54) is 19.3 Å². The van der Waals surface area contributed by atoms with E-state index in [2.05, 4.69) is 15.2 Å². The lowest BCUT2D eigenvalue weighted by atomic mass is 9.87. The van der Waals surface area contributed by atoms with Crippen LogP contribution in [0.3, 0.4) is 0 Å². The van der Waals surface area contributed by atoms with E-state index in [4.69, 9.17) is 4.98 Å². The lowest BCUT2D eigenvalue weighted by Gasteiger charge is -2.33. The second-order valence-corrected chi connectivity index (χ2v) is 8.47. The van der Waals surface area contributed by atoms with Crippen LogP contribution in [0.5, 0.6) is 0 Å². The summed E-state index contributed by atoms with van der Waals surface area (Å²) in [6, 6.07) is 0.0670. The molecule has 1 aromatic rings. The molecule has 6 nitrogen and oxygen atoms in total. The van der Waals surface area contributed by atoms with Crippen LogP contribution in [0.1, 0.15) is 75.1 Å². The molecule has 0 radical (unpaired) electrons. The number of piperidine rings is 1. The van der Waals surface area contributed by atoms with Gasteiger partial charge in [-0.2, -0.15) is 0 Å². The van der Waals surface area contributed by atoms with Crippen LogP contribution in [-0.4, -0.2) is 40.7 Å². The van der Waals surface area contributed by atoms with E-state index in [9.17, 15) is 9.90 Å². The fourth-order valence-electron chi connectivity index (χ4n) is 4.81. The van der Waals surface area contributed by atoms with E-state index >= 15 is 0 Å². The van der Waals surface area contributed by atoms with Crippen molar-refractivity contribution in [3.63, 3.8) is 0 Å². The van der Waals surface area contributed by atoms with Crippen LogP contribution in [0, 0.1) is 11.8 Å². The standard InChI is InChI=1S/C21H32N4O2/c26-14-15-9-11-25(12-10-15)21-22-13-17-18(7-4-8-19(17)24-21)23-20(27)16-5-2-1-3-6-16/h13,15-16,18,26H,1-12,14H2,(H,23,27). The molecule has 2 fully saturated rings. The Balaban J connectivity index is 1.43. The lowest BCUT2D eigenvalue weighted by Crippen LogP contribution is -2.38. The smallest absolute Gasteiger partial charge is 0.225 e. The lowest BCUT2D eigenvalue weighted by molar-refractivity contribution is -0.126. The molecule has 1 aliphatic heterocycles. The van der Waals surface area contributed by atoms with Gasteiger partial charge in [0.1, 0.15) is 0 Å². The summed E-state index contributed by atoms with van der Waals surface area (Å²) in [7, 11) is 0. The summed E-state index contributed by atoms with van der Waals surface area (Å²) in [6.07, 6.45) is 12.6. The number of hydrogen-bond acceptors (Lipinski definition) is 5. The van der Waals surface area contributed by atoms with Gasteiger partial charge in [-0.1, -0.05) is 19.3 Å². The molecule has 148 valence electrons. The van der Waals surface area contributed by atoms with Gasteiger partial charge in [0.2, 0.25) is 11.9 Å². The van der Waals surface area contributed by atoms with E-state index in [0.717, 1.165) is 75.2 Å². The number of aliphatic hydroxyl groups is 1. The highest BCUT2D eigenvalue weighted by atomic mass is 16.3. The third kappa shape index (κ3) is 4.26. The van der Waals surface area contributed by atoms with Gasteiger partial charge in [0.15, 0.2) is 0 Å². The molecule has 1 saturated heterocycles. The molecule has 1 aromatic heterocycles. The van der Waals surface area contributed by atoms with Crippen LogP contribution in [0.4, 0.5) is 5.95 Å². The Labute approximate surface area is 161 Å². The van der Waals surface area contributed by atoms with Gasteiger partial charge in [0.25, 0.3) is 0 Å². The van der Waals surface area contributed by atoms with Crippen LogP contribution >= 0.6 is 0 Å². The van der Waals surface area contributed by atoms with Crippen LogP contribution in [-0.2, 0) is 11.2 Å². The van der Waals surface area contributed by atoms with Crippen molar-refractivity contribution in [2.45, 2.75) is 70.3 Å². The highest BCUT2D eigenvalue weighted by Gasteiger charge is 2.28. The van der Waals surface area contributed by atoms with Crippen molar-refractivity contribution in [2.24, 2.45) is 11.8 Å². The molecule has 2 aliphatic carbocycles. The maximum Gasteiger partial charge on any atom is 0.225 e. The molecule has 27 heavy (non-hydrogen) atoms. The summed E-state index contributed by atoms with van der Waals surface area (Å²) in [5, 5.41) is 12.6. The Morgan fingerprint density at radius 2 is 1.89 bits per heavy atom. The van der Waals surface area contributed by atoms with Gasteiger partial charge in [-0.15, -0.1) is 0 Å². The molecule has 2 N–H and O–H groups in total. The number of anilines is 1. The molecular weight excluding hydrogens is 340 g/mol. The zero-order valence-corrected chi connectivity index (χ0v) is 16.2. The minimum Gasteiger partial charge on any atom is -0.396 e. The molecule has 1 amide bonds. The van der Waals surface area contributed by atoms with E-state index < -0.39 is 0 Å². The first-order valence-electron chi connectivity index (χ1n) is 10.8. The zero-order chi connectivity index (χ0) is 18.6. The quantitative estimate of drug-likeness (QED) is 0.850. The second kappa shape index (κ2) is 8.55. The van der Waals surface area contributed by atoms with Crippen LogP contribution < -0.4 is 10.2 Å². The molecule has 1 saturated carbocycles. The Kier molecular flexibility index (Phi) is 5.91. The van der Waals surface area contributed by atoms with Crippen molar-refractivity contribution in [3.05, 3.63) is 17.5 Å². The normalized spacial score (nSPS) is 24.5. The number of rotatable bonds is 4. The summed E-state index contributed by atoms with van der Waals surface area (Å²) in [6.45, 7) is 2.10. The van der Waals surface area contributed by atoms with Crippen molar-refractivity contribution in [3.8, 4) is 0 Å². The fourth-order valence-corrected chi connectivity index (χ4v) is 4.81. The van der Waals surface area contributed by atoms with Crippen LogP contribution in [0.25, 0.3) is 0 Å². The van der Waals surface area contributed by atoms with Gasteiger partial charge in [-0.25, -0.2) is 9.97 Å². The van der Waals surface area contributed by atoms with E-state index in [1.54, 1.807) is 0 Å². The Morgan fingerprint density at radius 3 is 2.63 bits per heavy atom. The fraction of sp³-hybridized carbons (Fsp3) is 0.762. The third-order valence-corrected chi connectivity index (χ3v) is 6.62. The highest BCUT2D eigenvalue weighted by Crippen LogP contribution is 2.31. The number of carbonyl (C=O) groups is 1. The van der Waals surface area contributed by atoms with Crippen molar-refractivity contribution in [2.75, 3.05) is 24.6 Å². The summed E-state index contributed by atoms with van der Waals surface area (Å²) in [4.78, 5) is 24.4. The number of amides is 1. The molecular formula is C21H32N4O2. The molecule has 2 heterocycles. The average molecular weight is 373 g/mol. The van der Waals surface area contributed by atoms with Crippen molar-refractivity contribution < 1.29 is 9.90 Å². The minimum absolute atomic E-state index is 0.0670. The number of aliphatic hydroxyl groups excluding tert-OH is 1. The van der Waals surface area contributed by atoms with Gasteiger partial charge >= 0.3 is 0 Å². The van der Waals surface area contributed by atoms with Crippen molar-refractivity contribution >= 4 is 11.9 Å². The largest absolute Gasteiger partial charge is 0.396 e. The maximum absolute atomic E-state index is 12.7. The highest BCUT2D eigenvalue weighted by molar-refractivity contribution is 5.79. The Bertz CT molecular complexity index is 652. The monoisotopic (exact) mass is 372 g/mol. The number of nitrogens with zero attached hydrogens (tertiary/aromatic N) is 3. The van der Waals surface area contributed by atoms with Gasteiger partial charge in [0, 0.05) is 37.4 Å². The average Bonchev–Trinajstić information content (AvgIpc) is 2.74. The number of aryl methyl sites for hydroxylation is 1. The number of carbonyl (C=O) groups excluding carboxylic acids is 1. The molecule has 1 atom stereocenters. The number of nitrogens with one attached hydrogen (secondary N) is 1. The Morgan fingerprint density at radius 1 is 1.11 bits per heavy atom. The summed E-state index contributed by atoms with van der Waals surface area (Å²) < 4.78 is 0. The van der Waals surface area contributed by atoms with Gasteiger partial charge in [0.05, 0.1) is 11.7 Å². The topological polar surface area (TPSA) is 78.4 Å². The van der Waals surface area contributed by atoms with E-state index in [1.807, 2.05) is 6.20 Å². The van der Waals surface area contributed by atoms with Crippen molar-refractivity contribution in [1.29, 1.82) is 0 Å². The minimum atomic E-state index is 0.0670. The van der Waals surface area contributed by atoms with Gasteiger partial charge in [-0.05, 0) is 50.9 Å². The second-order valence-electron chi connectivity index (χ2n) is 8.47. The summed E-state index contributed by atoms with van der Waals surface area (Å²) in [5.74, 6) is 1.64. The summed E-state index contributed by atoms with van der Waals surface area (Å²) in [5.41, 5.74) is 2.21. The number of hydrogen-bond donors (Lipinski definition) is 2. The first-order chi connectivity index (χ1) is 13.2. The molecule has 0 aromatic carbocycles. The molecule has 3 aliphatic rings. The molecule has 0 bridgehead atoms. The summed E-state index contributed by atoms with van der Waals surface area (Å²) >= 11 is 0. The molecule has 0 spiro atoms. The molecule has 4 rings (SSSR count). The van der Waals surface area contributed by atoms with Crippen LogP contribution in [0.2, 0.25) is 0 Å². The number of fused-ring (bicyclic) bond motifs is 1. The third-order valence-electron chi connectivity index (χ3n) is 6.62. The SMILES string of the molecule is O=C(NC1CCCc2nc(N3CCC(CO)CC3)ncc21)C1CCCCC1. The van der Waals surface area contributed by atoms with E-state index in [-0.39, 0.29) is 24.5 Å². The van der Waals surface area contributed by atoms with Crippen molar-refractivity contribution in [1.82, 2.24) is 15.3 Å². The van der Waals surface area contributed by atoms with Gasteiger partial charge < -0.3 is 15.3 Å². The maximum atomic E-state index is 12.7. The first kappa shape index (κ1) is 18.7. The van der Waals surface area contributed by atoms with Gasteiger partial charge in [-0.3, -0.25) is 4.79 Å². The van der Waals surface area contributed by atoms with E-state index in [0.29, 0.717) is 5.92 Å². The van der Waals surface area contributed by atoms with Crippen LogP contribution in [0.15, 0.2) is 6.20 Å². The molecule has 6 heteroatoms. The zero-order valence-electron chi connectivity index (χ0n) is 16.2. The predicted octanol–water partition coefficient (Wildman–Crippen LogP) is 2.76. The number of aromatic nitrogens is 2. The Hall–Kier alpha value is -1.69.